The maximum atomic E-state index is 4.46. The fraction of sp³-hybridized carbons (Fsp3) is 0.769. The van der Waals surface area contributed by atoms with Crippen molar-refractivity contribution in [2.75, 3.05) is 0 Å². The van der Waals surface area contributed by atoms with E-state index in [9.17, 15) is 0 Å². The van der Waals surface area contributed by atoms with Gasteiger partial charge >= 0.3 is 0 Å². The molecule has 2 unspecified atom stereocenters. The molecule has 2 nitrogen and oxygen atoms in total. The van der Waals surface area contributed by atoms with E-state index in [4.69, 9.17) is 0 Å². The highest BCUT2D eigenvalue weighted by molar-refractivity contribution is 5.15. The van der Waals surface area contributed by atoms with Gasteiger partial charge in [0.15, 0.2) is 0 Å². The van der Waals surface area contributed by atoms with Crippen LogP contribution in [0.3, 0.4) is 0 Å². The van der Waals surface area contributed by atoms with E-state index in [-0.39, 0.29) is 0 Å². The first kappa shape index (κ1) is 35.6. The van der Waals surface area contributed by atoms with Crippen molar-refractivity contribution in [2.24, 2.45) is 5.92 Å². The fourth-order valence-electron chi connectivity index (χ4n) is 6.71. The quantitative estimate of drug-likeness (QED) is 0.0898. The molecule has 0 saturated heterocycles. The number of rotatable bonds is 29. The number of nitrogens with zero attached hydrogens (tertiary/aromatic N) is 2. The Bertz CT molecular complexity index is 768. The Labute approximate surface area is 256 Å². The van der Waals surface area contributed by atoms with E-state index in [0.29, 0.717) is 12.0 Å². The molecule has 0 amide bonds. The van der Waals surface area contributed by atoms with Crippen molar-refractivity contribution in [1.82, 2.24) is 9.55 Å². The number of benzene rings is 1. The zero-order valence-electron chi connectivity index (χ0n) is 27.6. The summed E-state index contributed by atoms with van der Waals surface area (Å²) in [7, 11) is 0. The molecule has 0 aliphatic heterocycles. The van der Waals surface area contributed by atoms with Crippen LogP contribution in [0.5, 0.6) is 0 Å². The molecule has 0 saturated carbocycles. The standard InChI is InChI=1S/C39H68N2/c1-3-5-7-9-11-13-14-15-16-17-19-20-22-27-31-38(35-37-29-25-24-26-30-37)39(41-34-33-40-36-41)32-28-23-21-18-12-10-8-6-4-2/h24-26,29-30,33-34,36,38-39H,3-23,27-28,31-32,35H2,1-2H3. The average molecular weight is 565 g/mol. The Hall–Kier alpha value is -1.57. The van der Waals surface area contributed by atoms with Gasteiger partial charge in [0.2, 0.25) is 0 Å². The van der Waals surface area contributed by atoms with Gasteiger partial charge in [-0.15, -0.1) is 0 Å². The zero-order valence-corrected chi connectivity index (χ0v) is 27.6. The second-order valence-corrected chi connectivity index (χ2v) is 13.0. The van der Waals surface area contributed by atoms with Gasteiger partial charge in [0.25, 0.3) is 0 Å². The Morgan fingerprint density at radius 3 is 1.41 bits per heavy atom. The molecule has 0 radical (unpaired) electrons. The van der Waals surface area contributed by atoms with E-state index in [2.05, 4.69) is 66.3 Å². The van der Waals surface area contributed by atoms with Crippen molar-refractivity contribution < 1.29 is 0 Å². The maximum absolute atomic E-state index is 4.46. The summed E-state index contributed by atoms with van der Waals surface area (Å²) in [4.78, 5) is 4.46. The van der Waals surface area contributed by atoms with Gasteiger partial charge in [-0.1, -0.05) is 192 Å². The number of hydrogen-bond donors (Lipinski definition) is 0. The van der Waals surface area contributed by atoms with Gasteiger partial charge in [-0.2, -0.15) is 0 Å². The van der Waals surface area contributed by atoms with E-state index in [1.807, 2.05) is 6.20 Å². The summed E-state index contributed by atoms with van der Waals surface area (Å²) in [5.74, 6) is 0.693. The van der Waals surface area contributed by atoms with Crippen molar-refractivity contribution in [2.45, 2.75) is 187 Å². The first-order chi connectivity index (χ1) is 20.3. The predicted molar refractivity (Wildman–Crippen MR) is 182 cm³/mol. The molecule has 1 heterocycles. The lowest BCUT2D eigenvalue weighted by molar-refractivity contribution is 0.275. The molecular formula is C39H68N2. The van der Waals surface area contributed by atoms with E-state index in [0.717, 1.165) is 0 Å². The first-order valence-corrected chi connectivity index (χ1v) is 18.4. The summed E-state index contributed by atoms with van der Waals surface area (Å²) >= 11 is 0. The molecule has 0 spiro atoms. The summed E-state index contributed by atoms with van der Waals surface area (Å²) < 4.78 is 2.45. The molecule has 0 fully saturated rings. The topological polar surface area (TPSA) is 17.8 Å². The average Bonchev–Trinajstić information content (AvgIpc) is 3.53. The highest BCUT2D eigenvalue weighted by Crippen LogP contribution is 2.32. The van der Waals surface area contributed by atoms with E-state index in [1.165, 1.54) is 173 Å². The van der Waals surface area contributed by atoms with Crippen LogP contribution in [0, 0.1) is 5.92 Å². The third-order valence-corrected chi connectivity index (χ3v) is 9.32. The van der Waals surface area contributed by atoms with Gasteiger partial charge in [0.05, 0.1) is 6.33 Å². The van der Waals surface area contributed by atoms with Crippen molar-refractivity contribution >= 4 is 0 Å². The molecule has 2 atom stereocenters. The molecule has 1 aromatic carbocycles. The number of aromatic nitrogens is 2. The molecule has 2 heteroatoms. The minimum absolute atomic E-state index is 0.573. The molecule has 2 rings (SSSR count). The molecule has 2 aromatic rings. The van der Waals surface area contributed by atoms with Crippen LogP contribution in [-0.2, 0) is 6.42 Å². The summed E-state index contributed by atoms with van der Waals surface area (Å²) in [5.41, 5.74) is 1.50. The Morgan fingerprint density at radius 1 is 0.537 bits per heavy atom. The van der Waals surface area contributed by atoms with Gasteiger partial charge in [-0.25, -0.2) is 4.98 Å². The van der Waals surface area contributed by atoms with Crippen LogP contribution in [0.15, 0.2) is 49.1 Å². The van der Waals surface area contributed by atoms with Gasteiger partial charge in [-0.05, 0) is 30.7 Å². The Kier molecular flexibility index (Phi) is 22.7. The van der Waals surface area contributed by atoms with Crippen molar-refractivity contribution in [1.29, 1.82) is 0 Å². The van der Waals surface area contributed by atoms with E-state index >= 15 is 0 Å². The first-order valence-electron chi connectivity index (χ1n) is 18.4. The van der Waals surface area contributed by atoms with E-state index < -0.39 is 0 Å². The van der Waals surface area contributed by atoms with Gasteiger partial charge in [0.1, 0.15) is 0 Å². The summed E-state index contributed by atoms with van der Waals surface area (Å²) in [6.07, 6.45) is 42.8. The zero-order chi connectivity index (χ0) is 29.1. The van der Waals surface area contributed by atoms with Crippen molar-refractivity contribution in [3.63, 3.8) is 0 Å². The lowest BCUT2D eigenvalue weighted by Crippen LogP contribution is -2.21. The minimum Gasteiger partial charge on any atom is -0.334 e. The SMILES string of the molecule is CCCCCCCCCCCCCCCCC(Cc1ccccc1)C(CCCCCCCCCCC)n1ccnc1. The molecule has 0 N–H and O–H groups in total. The highest BCUT2D eigenvalue weighted by Gasteiger charge is 2.23. The third-order valence-electron chi connectivity index (χ3n) is 9.32. The second kappa shape index (κ2) is 26.1. The lowest BCUT2D eigenvalue weighted by atomic mass is 9.84. The molecule has 0 aliphatic carbocycles. The number of imidazole rings is 1. The van der Waals surface area contributed by atoms with Gasteiger partial charge < -0.3 is 4.57 Å². The Morgan fingerprint density at radius 2 is 0.976 bits per heavy atom. The highest BCUT2D eigenvalue weighted by atomic mass is 15.1. The van der Waals surface area contributed by atoms with Crippen LogP contribution >= 0.6 is 0 Å². The van der Waals surface area contributed by atoms with Crippen LogP contribution in [0.2, 0.25) is 0 Å². The molecule has 234 valence electrons. The van der Waals surface area contributed by atoms with Crippen LogP contribution in [0.1, 0.15) is 186 Å². The predicted octanol–water partition coefficient (Wildman–Crippen LogP) is 13.1. The largest absolute Gasteiger partial charge is 0.334 e. The normalized spacial score (nSPS) is 13.0. The smallest absolute Gasteiger partial charge is 0.0948 e. The maximum Gasteiger partial charge on any atom is 0.0948 e. The number of unbranched alkanes of at least 4 members (excludes halogenated alkanes) is 21. The molecule has 0 bridgehead atoms. The minimum atomic E-state index is 0.573. The van der Waals surface area contributed by atoms with Crippen LogP contribution in [-0.4, -0.2) is 9.55 Å². The fourth-order valence-corrected chi connectivity index (χ4v) is 6.71. The Balaban J connectivity index is 1.71. The van der Waals surface area contributed by atoms with Gasteiger partial charge in [-0.3, -0.25) is 0 Å². The van der Waals surface area contributed by atoms with Crippen LogP contribution in [0.25, 0.3) is 0 Å². The second-order valence-electron chi connectivity index (χ2n) is 13.0. The van der Waals surface area contributed by atoms with Crippen LogP contribution in [0.4, 0.5) is 0 Å². The third kappa shape index (κ3) is 18.6. The van der Waals surface area contributed by atoms with Gasteiger partial charge in [0, 0.05) is 18.4 Å². The lowest BCUT2D eigenvalue weighted by Gasteiger charge is -2.29. The van der Waals surface area contributed by atoms with E-state index in [1.54, 1.807) is 0 Å². The molecule has 41 heavy (non-hydrogen) atoms. The molecule has 1 aromatic heterocycles. The monoisotopic (exact) mass is 565 g/mol. The summed E-state index contributed by atoms with van der Waals surface area (Å²) in [6.45, 7) is 4.61. The van der Waals surface area contributed by atoms with Crippen molar-refractivity contribution in [3.05, 3.63) is 54.6 Å². The number of hydrogen-bond acceptors (Lipinski definition) is 1. The van der Waals surface area contributed by atoms with Crippen molar-refractivity contribution in [3.8, 4) is 0 Å². The summed E-state index contributed by atoms with van der Waals surface area (Å²) in [5, 5.41) is 0. The molecule has 0 aliphatic rings. The molecular weight excluding hydrogens is 496 g/mol. The van der Waals surface area contributed by atoms with Crippen LogP contribution < -0.4 is 0 Å². The summed E-state index contributed by atoms with van der Waals surface area (Å²) in [6, 6.07) is 11.8.